The number of methoxy groups -OCH3 is 1. The number of hydrogen-bond acceptors (Lipinski definition) is 5. The summed E-state index contributed by atoms with van der Waals surface area (Å²) in [5.41, 5.74) is 1.60. The summed E-state index contributed by atoms with van der Waals surface area (Å²) in [5.74, 6) is 1.62. The Balaban J connectivity index is 1.41. The molecule has 0 spiro atoms. The molecule has 0 bridgehead atoms. The van der Waals surface area contributed by atoms with Crippen molar-refractivity contribution in [2.75, 3.05) is 26.7 Å². The number of rotatable bonds is 7. The normalized spacial score (nSPS) is 16.2. The third-order valence-electron chi connectivity index (χ3n) is 5.41. The van der Waals surface area contributed by atoms with Crippen molar-refractivity contribution in [1.82, 2.24) is 10.2 Å². The minimum absolute atomic E-state index is 0.0212. The summed E-state index contributed by atoms with van der Waals surface area (Å²) in [5, 5.41) is 4.03. The van der Waals surface area contributed by atoms with Crippen LogP contribution in [0.3, 0.4) is 0 Å². The van der Waals surface area contributed by atoms with Gasteiger partial charge in [-0.25, -0.2) is 0 Å². The number of fused-ring (bicyclic) bond motifs is 1. The summed E-state index contributed by atoms with van der Waals surface area (Å²) in [6.07, 6.45) is 7.28. The highest BCUT2D eigenvalue weighted by atomic mass is 16.5. The van der Waals surface area contributed by atoms with E-state index in [1.165, 1.54) is 19.3 Å². The molecule has 1 aliphatic rings. The molecular weight excluding hydrogens is 356 g/mol. The number of carbonyl (C=O) groups is 1. The fraction of sp³-hybridized carbons (Fsp3) is 0.409. The highest BCUT2D eigenvalue weighted by Crippen LogP contribution is 2.27. The van der Waals surface area contributed by atoms with Gasteiger partial charge in [0.1, 0.15) is 17.1 Å². The molecule has 2 aromatic heterocycles. The van der Waals surface area contributed by atoms with Gasteiger partial charge < -0.3 is 18.9 Å². The van der Waals surface area contributed by atoms with Gasteiger partial charge in [0, 0.05) is 23.6 Å². The molecular formula is C22H26N2O4. The number of nitrogens with zero attached hydrogens (tertiary/aromatic N) is 1. The molecule has 1 atom stereocenters. The van der Waals surface area contributed by atoms with Crippen molar-refractivity contribution < 1.29 is 18.4 Å². The molecule has 0 radical (unpaired) electrons. The Morgan fingerprint density at radius 3 is 2.82 bits per heavy atom. The van der Waals surface area contributed by atoms with E-state index in [9.17, 15) is 4.79 Å². The number of carbonyl (C=O) groups excluding carboxylic acids is 1. The summed E-state index contributed by atoms with van der Waals surface area (Å²) in [6.45, 7) is 2.61. The van der Waals surface area contributed by atoms with Gasteiger partial charge in [0.25, 0.3) is 0 Å². The molecule has 3 heterocycles. The maximum Gasteiger partial charge on any atom is 0.224 e. The number of ether oxygens (including phenoxy) is 1. The second kappa shape index (κ2) is 8.52. The zero-order chi connectivity index (χ0) is 19.3. The number of benzene rings is 1. The number of furan rings is 2. The average Bonchev–Trinajstić information content (AvgIpc) is 3.39. The Hall–Kier alpha value is -2.73. The number of nitrogens with one attached hydrogen (secondary N) is 1. The maximum atomic E-state index is 12.6. The topological polar surface area (TPSA) is 67.8 Å². The van der Waals surface area contributed by atoms with Crippen LogP contribution in [0.25, 0.3) is 11.0 Å². The van der Waals surface area contributed by atoms with Crippen molar-refractivity contribution in [2.24, 2.45) is 0 Å². The zero-order valence-electron chi connectivity index (χ0n) is 16.1. The van der Waals surface area contributed by atoms with Crippen molar-refractivity contribution >= 4 is 16.9 Å². The fourth-order valence-corrected chi connectivity index (χ4v) is 3.89. The molecule has 1 saturated heterocycles. The summed E-state index contributed by atoms with van der Waals surface area (Å²) in [7, 11) is 1.62. The quantitative estimate of drug-likeness (QED) is 0.671. The van der Waals surface area contributed by atoms with Crippen LogP contribution in [0.5, 0.6) is 5.75 Å². The smallest absolute Gasteiger partial charge is 0.224 e. The first-order valence-corrected chi connectivity index (χ1v) is 9.83. The first-order valence-electron chi connectivity index (χ1n) is 9.83. The largest absolute Gasteiger partial charge is 0.497 e. The Morgan fingerprint density at radius 2 is 2.07 bits per heavy atom. The van der Waals surface area contributed by atoms with Crippen molar-refractivity contribution in [3.8, 4) is 5.75 Å². The van der Waals surface area contributed by atoms with E-state index in [-0.39, 0.29) is 18.4 Å². The van der Waals surface area contributed by atoms with E-state index in [1.54, 1.807) is 19.6 Å². The van der Waals surface area contributed by atoms with Crippen LogP contribution >= 0.6 is 0 Å². The molecule has 28 heavy (non-hydrogen) atoms. The van der Waals surface area contributed by atoms with Gasteiger partial charge in [-0.2, -0.15) is 0 Å². The van der Waals surface area contributed by atoms with Crippen LogP contribution in [0.2, 0.25) is 0 Å². The molecule has 6 heteroatoms. The van der Waals surface area contributed by atoms with Gasteiger partial charge in [-0.15, -0.1) is 0 Å². The van der Waals surface area contributed by atoms with Gasteiger partial charge in [-0.1, -0.05) is 6.42 Å². The lowest BCUT2D eigenvalue weighted by Gasteiger charge is -2.33. The van der Waals surface area contributed by atoms with E-state index in [0.29, 0.717) is 6.54 Å². The van der Waals surface area contributed by atoms with E-state index in [4.69, 9.17) is 13.6 Å². The Kier molecular flexibility index (Phi) is 5.67. The third kappa shape index (κ3) is 4.07. The third-order valence-corrected chi connectivity index (χ3v) is 5.41. The highest BCUT2D eigenvalue weighted by molar-refractivity contribution is 5.88. The number of amides is 1. The molecule has 1 aliphatic heterocycles. The highest BCUT2D eigenvalue weighted by Gasteiger charge is 2.25. The van der Waals surface area contributed by atoms with Crippen LogP contribution < -0.4 is 10.1 Å². The second-order valence-corrected chi connectivity index (χ2v) is 7.23. The molecule has 3 aromatic rings. The summed E-state index contributed by atoms with van der Waals surface area (Å²) in [6, 6.07) is 9.61. The lowest BCUT2D eigenvalue weighted by Crippen LogP contribution is -2.40. The van der Waals surface area contributed by atoms with Gasteiger partial charge >= 0.3 is 0 Å². The van der Waals surface area contributed by atoms with E-state index in [1.807, 2.05) is 30.3 Å². The minimum atomic E-state index is -0.0212. The zero-order valence-corrected chi connectivity index (χ0v) is 16.1. The lowest BCUT2D eigenvalue weighted by atomic mass is 10.1. The van der Waals surface area contributed by atoms with Crippen LogP contribution in [0.1, 0.15) is 36.6 Å². The molecule has 1 aromatic carbocycles. The van der Waals surface area contributed by atoms with Gasteiger partial charge in [0.2, 0.25) is 5.91 Å². The van der Waals surface area contributed by atoms with Gasteiger partial charge in [0.15, 0.2) is 0 Å². The van der Waals surface area contributed by atoms with Gasteiger partial charge in [0.05, 0.1) is 32.1 Å². The van der Waals surface area contributed by atoms with Crippen molar-refractivity contribution in [3.05, 3.63) is 54.2 Å². The molecule has 0 saturated carbocycles. The average molecular weight is 382 g/mol. The fourth-order valence-electron chi connectivity index (χ4n) is 3.89. The predicted molar refractivity (Wildman–Crippen MR) is 106 cm³/mol. The maximum absolute atomic E-state index is 12.6. The van der Waals surface area contributed by atoms with Crippen molar-refractivity contribution in [1.29, 1.82) is 0 Å². The van der Waals surface area contributed by atoms with E-state index >= 15 is 0 Å². The predicted octanol–water partition coefficient (Wildman–Crippen LogP) is 3.92. The number of piperidine rings is 1. The molecule has 1 N–H and O–H groups in total. The van der Waals surface area contributed by atoms with Gasteiger partial charge in [-0.05, 0) is 50.2 Å². The Morgan fingerprint density at radius 1 is 1.21 bits per heavy atom. The molecule has 148 valence electrons. The molecule has 0 unspecified atom stereocenters. The number of likely N-dealkylation sites (tertiary alicyclic amines) is 1. The van der Waals surface area contributed by atoms with E-state index in [0.717, 1.165) is 41.1 Å². The second-order valence-electron chi connectivity index (χ2n) is 7.23. The van der Waals surface area contributed by atoms with Gasteiger partial charge in [-0.3, -0.25) is 9.69 Å². The van der Waals surface area contributed by atoms with Crippen LogP contribution in [-0.2, 0) is 11.2 Å². The summed E-state index contributed by atoms with van der Waals surface area (Å²) < 4.78 is 16.5. The SMILES string of the molecule is COc1ccc2c(CC(=O)NC[C@@H](c3ccco3)N3CCCCC3)coc2c1. The molecule has 1 amide bonds. The van der Waals surface area contributed by atoms with Crippen LogP contribution in [0.15, 0.2) is 51.7 Å². The Labute approximate surface area is 164 Å². The van der Waals surface area contributed by atoms with Crippen LogP contribution in [0.4, 0.5) is 0 Å². The molecule has 6 nitrogen and oxygen atoms in total. The molecule has 0 aliphatic carbocycles. The van der Waals surface area contributed by atoms with Crippen LogP contribution in [0, 0.1) is 0 Å². The number of hydrogen-bond donors (Lipinski definition) is 1. The first-order chi connectivity index (χ1) is 13.7. The summed E-state index contributed by atoms with van der Waals surface area (Å²) in [4.78, 5) is 15.0. The monoisotopic (exact) mass is 382 g/mol. The molecule has 1 fully saturated rings. The standard InChI is InChI=1S/C22H26N2O4/c1-26-17-7-8-18-16(15-28-21(18)13-17)12-22(25)23-14-19(20-6-5-11-27-20)24-9-3-2-4-10-24/h5-8,11,13,15,19H,2-4,9-10,12,14H2,1H3,(H,23,25)/t19-/m0/s1. The first kappa shape index (κ1) is 18.6. The molecule has 4 rings (SSSR count). The van der Waals surface area contributed by atoms with Crippen molar-refractivity contribution in [3.63, 3.8) is 0 Å². The van der Waals surface area contributed by atoms with E-state index in [2.05, 4.69) is 10.2 Å². The Bertz CT molecular complexity index is 910. The van der Waals surface area contributed by atoms with Crippen LogP contribution in [-0.4, -0.2) is 37.6 Å². The van der Waals surface area contributed by atoms with Crippen molar-refractivity contribution in [2.45, 2.75) is 31.7 Å². The lowest BCUT2D eigenvalue weighted by molar-refractivity contribution is -0.120. The minimum Gasteiger partial charge on any atom is -0.497 e. The van der Waals surface area contributed by atoms with E-state index < -0.39 is 0 Å². The summed E-state index contributed by atoms with van der Waals surface area (Å²) >= 11 is 0.